The molecular formula is C30H33F2N3O5. The predicted octanol–water partition coefficient (Wildman–Crippen LogP) is 5.13. The summed E-state index contributed by atoms with van der Waals surface area (Å²) >= 11 is 0. The minimum Gasteiger partial charge on any atom is -0.494 e. The number of carboxylic acid groups (broad SMARTS) is 1. The van der Waals surface area contributed by atoms with Gasteiger partial charge in [0.2, 0.25) is 5.91 Å². The van der Waals surface area contributed by atoms with Gasteiger partial charge in [-0.2, -0.15) is 0 Å². The number of pyridine rings is 1. The molecule has 212 valence electrons. The van der Waals surface area contributed by atoms with Crippen LogP contribution in [-0.2, 0) is 9.59 Å². The molecule has 0 fully saturated rings. The zero-order valence-corrected chi connectivity index (χ0v) is 23.0. The summed E-state index contributed by atoms with van der Waals surface area (Å²) in [6.07, 6.45) is 2.25. The number of nitrogens with one attached hydrogen (secondary N) is 2. The minimum absolute atomic E-state index is 0.0464. The molecule has 3 rings (SSSR count). The summed E-state index contributed by atoms with van der Waals surface area (Å²) in [6.45, 7) is 7.35. The van der Waals surface area contributed by atoms with Crippen molar-refractivity contribution in [3.8, 4) is 16.9 Å². The predicted molar refractivity (Wildman–Crippen MR) is 146 cm³/mol. The number of carbonyl (C=O) groups is 3. The molecule has 2 atom stereocenters. The molecule has 0 bridgehead atoms. The summed E-state index contributed by atoms with van der Waals surface area (Å²) in [5, 5.41) is 14.8. The lowest BCUT2D eigenvalue weighted by Crippen LogP contribution is -2.48. The van der Waals surface area contributed by atoms with Crippen molar-refractivity contribution in [1.82, 2.24) is 15.6 Å². The van der Waals surface area contributed by atoms with E-state index >= 15 is 4.39 Å². The molecule has 8 nitrogen and oxygen atoms in total. The van der Waals surface area contributed by atoms with E-state index in [1.54, 1.807) is 0 Å². The molecule has 0 saturated heterocycles. The molecule has 10 heteroatoms. The maximum atomic E-state index is 15.2. The van der Waals surface area contributed by atoms with Gasteiger partial charge in [-0.1, -0.05) is 32.0 Å². The van der Waals surface area contributed by atoms with Crippen LogP contribution in [0.1, 0.15) is 59.8 Å². The molecule has 0 saturated carbocycles. The highest BCUT2D eigenvalue weighted by molar-refractivity contribution is 5.99. The van der Waals surface area contributed by atoms with E-state index < -0.39 is 47.9 Å². The number of amides is 2. The molecule has 0 aliphatic carbocycles. The fraction of sp³-hybridized carbons (Fsp3) is 0.333. The van der Waals surface area contributed by atoms with E-state index in [9.17, 15) is 23.9 Å². The van der Waals surface area contributed by atoms with Crippen LogP contribution in [0.3, 0.4) is 0 Å². The van der Waals surface area contributed by atoms with Crippen molar-refractivity contribution in [1.29, 1.82) is 0 Å². The molecule has 3 N–H and O–H groups in total. The Morgan fingerprint density at radius 2 is 1.73 bits per heavy atom. The largest absolute Gasteiger partial charge is 0.494 e. The monoisotopic (exact) mass is 553 g/mol. The van der Waals surface area contributed by atoms with Gasteiger partial charge in [-0.15, -0.1) is 0 Å². The van der Waals surface area contributed by atoms with Crippen LogP contribution in [0.2, 0.25) is 0 Å². The Morgan fingerprint density at radius 1 is 1.05 bits per heavy atom. The molecular weight excluding hydrogens is 520 g/mol. The average molecular weight is 554 g/mol. The van der Waals surface area contributed by atoms with Crippen LogP contribution in [0.15, 0.2) is 48.8 Å². The van der Waals surface area contributed by atoms with Gasteiger partial charge < -0.3 is 20.5 Å². The number of hydrogen-bond donors (Lipinski definition) is 3. The molecule has 40 heavy (non-hydrogen) atoms. The number of aliphatic carboxylic acids is 1. The van der Waals surface area contributed by atoms with Crippen LogP contribution >= 0.6 is 0 Å². The molecule has 0 spiro atoms. The second-order valence-electron chi connectivity index (χ2n) is 10.0. The van der Waals surface area contributed by atoms with Gasteiger partial charge >= 0.3 is 5.97 Å². The quantitative estimate of drug-likeness (QED) is 0.303. The minimum atomic E-state index is -1.41. The zero-order chi connectivity index (χ0) is 29.6. The second kappa shape index (κ2) is 13.1. The summed E-state index contributed by atoms with van der Waals surface area (Å²) in [6, 6.07) is 6.84. The van der Waals surface area contributed by atoms with Crippen LogP contribution in [0.5, 0.6) is 5.75 Å². The Hall–Kier alpha value is -4.34. The number of hydrogen-bond acceptors (Lipinski definition) is 5. The SMILES string of the molecule is COc1cnccc1C(=O)N[C@@H](CC(C)C)C(=O)NC(CC(=O)O)c1cc(-c2c(C)cccc2C)cc(F)c1F. The first kappa shape index (κ1) is 30.2. The highest BCUT2D eigenvalue weighted by Gasteiger charge is 2.30. The number of rotatable bonds is 11. The normalized spacial score (nSPS) is 12.5. The van der Waals surface area contributed by atoms with Crippen molar-refractivity contribution in [2.24, 2.45) is 5.92 Å². The number of ether oxygens (including phenoxy) is 1. The Balaban J connectivity index is 1.99. The lowest BCUT2D eigenvalue weighted by Gasteiger charge is -2.25. The van der Waals surface area contributed by atoms with Gasteiger partial charge in [-0.25, -0.2) is 8.78 Å². The number of aryl methyl sites for hydroxylation is 2. The first-order chi connectivity index (χ1) is 18.9. The summed E-state index contributed by atoms with van der Waals surface area (Å²) in [4.78, 5) is 42.1. The van der Waals surface area contributed by atoms with Crippen molar-refractivity contribution < 1.29 is 33.0 Å². The Morgan fingerprint density at radius 3 is 2.33 bits per heavy atom. The molecule has 0 aliphatic rings. The van der Waals surface area contributed by atoms with Gasteiger partial charge in [-0.3, -0.25) is 19.4 Å². The van der Waals surface area contributed by atoms with E-state index in [-0.39, 0.29) is 29.2 Å². The van der Waals surface area contributed by atoms with Crippen LogP contribution in [0.25, 0.3) is 11.1 Å². The third-order valence-corrected chi connectivity index (χ3v) is 6.47. The smallest absolute Gasteiger partial charge is 0.305 e. The Kier molecular flexibility index (Phi) is 9.93. The van der Waals surface area contributed by atoms with Gasteiger partial charge in [0.05, 0.1) is 31.3 Å². The number of benzene rings is 2. The molecule has 1 aromatic heterocycles. The summed E-state index contributed by atoms with van der Waals surface area (Å²) in [5.41, 5.74) is 2.52. The molecule has 1 unspecified atom stereocenters. The lowest BCUT2D eigenvalue weighted by atomic mass is 9.92. The molecule has 3 aromatic rings. The van der Waals surface area contributed by atoms with Gasteiger partial charge in [-0.05, 0) is 66.6 Å². The maximum Gasteiger partial charge on any atom is 0.305 e. The van der Waals surface area contributed by atoms with E-state index in [0.29, 0.717) is 11.1 Å². The standard InChI is InChI=1S/C30H33F2N3O5/c1-16(2)11-24(35-29(38)20-9-10-33-15-25(20)40-5)30(39)34-23(14-26(36)37)21-12-19(13-22(31)28(21)32)27-17(3)7-6-8-18(27)4/h6-10,12-13,15-16,23-24H,11,14H2,1-5H3,(H,34,39)(H,35,38)(H,36,37)/t23?,24-/m0/s1. The number of nitrogens with zero attached hydrogens (tertiary/aromatic N) is 1. The second-order valence-corrected chi connectivity index (χ2v) is 10.0. The van der Waals surface area contributed by atoms with Gasteiger partial charge in [0, 0.05) is 11.8 Å². The van der Waals surface area contributed by atoms with E-state index in [2.05, 4.69) is 15.6 Å². The van der Waals surface area contributed by atoms with Crippen LogP contribution in [0, 0.1) is 31.4 Å². The van der Waals surface area contributed by atoms with Crippen molar-refractivity contribution in [3.63, 3.8) is 0 Å². The van der Waals surface area contributed by atoms with E-state index in [1.807, 2.05) is 45.9 Å². The molecule has 0 aliphatic heterocycles. The highest BCUT2D eigenvalue weighted by Crippen LogP contribution is 2.33. The third kappa shape index (κ3) is 7.19. The summed E-state index contributed by atoms with van der Waals surface area (Å²) < 4.78 is 35.2. The van der Waals surface area contributed by atoms with Crippen LogP contribution in [-0.4, -0.2) is 41.0 Å². The maximum absolute atomic E-state index is 15.2. The van der Waals surface area contributed by atoms with E-state index in [1.165, 1.54) is 31.6 Å². The number of methoxy groups -OCH3 is 1. The summed E-state index contributed by atoms with van der Waals surface area (Å²) in [7, 11) is 1.38. The van der Waals surface area contributed by atoms with Crippen LogP contribution < -0.4 is 15.4 Å². The van der Waals surface area contributed by atoms with Crippen LogP contribution in [0.4, 0.5) is 8.78 Å². The lowest BCUT2D eigenvalue weighted by molar-refractivity contribution is -0.137. The fourth-order valence-electron chi connectivity index (χ4n) is 4.63. The average Bonchev–Trinajstić information content (AvgIpc) is 2.89. The number of carbonyl (C=O) groups excluding carboxylic acids is 2. The van der Waals surface area contributed by atoms with Crippen molar-refractivity contribution in [2.45, 2.75) is 52.6 Å². The zero-order valence-electron chi connectivity index (χ0n) is 23.0. The Bertz CT molecular complexity index is 1390. The van der Waals surface area contributed by atoms with Gasteiger partial charge in [0.1, 0.15) is 11.8 Å². The molecule has 0 radical (unpaired) electrons. The van der Waals surface area contributed by atoms with Crippen molar-refractivity contribution >= 4 is 17.8 Å². The number of carboxylic acids is 1. The number of aromatic nitrogens is 1. The van der Waals surface area contributed by atoms with Gasteiger partial charge in [0.15, 0.2) is 11.6 Å². The number of halogens is 2. The third-order valence-electron chi connectivity index (χ3n) is 6.47. The molecule has 2 aromatic carbocycles. The topological polar surface area (TPSA) is 118 Å². The van der Waals surface area contributed by atoms with Crippen molar-refractivity contribution in [3.05, 3.63) is 82.7 Å². The fourth-order valence-corrected chi connectivity index (χ4v) is 4.63. The van der Waals surface area contributed by atoms with E-state index in [0.717, 1.165) is 17.2 Å². The first-order valence-electron chi connectivity index (χ1n) is 12.8. The van der Waals surface area contributed by atoms with Gasteiger partial charge in [0.25, 0.3) is 5.91 Å². The summed E-state index contributed by atoms with van der Waals surface area (Å²) in [5.74, 6) is -4.94. The Labute approximate surface area is 231 Å². The van der Waals surface area contributed by atoms with E-state index in [4.69, 9.17) is 4.74 Å². The molecule has 1 heterocycles. The highest BCUT2D eigenvalue weighted by atomic mass is 19.2. The first-order valence-corrected chi connectivity index (χ1v) is 12.8. The van der Waals surface area contributed by atoms with Crippen molar-refractivity contribution in [2.75, 3.05) is 7.11 Å². The molecule has 2 amide bonds.